The lowest BCUT2D eigenvalue weighted by atomic mass is 10.0. The van der Waals surface area contributed by atoms with Gasteiger partial charge in [0, 0.05) is 16.5 Å². The van der Waals surface area contributed by atoms with Crippen LogP contribution >= 0.6 is 11.8 Å². The Balaban J connectivity index is 1.98. The third kappa shape index (κ3) is 2.93. The lowest BCUT2D eigenvalue weighted by molar-refractivity contribution is -0.0313. The topological polar surface area (TPSA) is 29.5 Å². The van der Waals surface area contributed by atoms with Gasteiger partial charge in [-0.25, -0.2) is 4.39 Å². The standard InChI is InChI=1S/C17H15F3O2S/c1-3-10-6-11(18)8-12(7-10)22-13-4-5-14-15(9(13)2)16(21)17(19,20)23-14/h4-8,16,21H,3H2,1-2H3. The van der Waals surface area contributed by atoms with E-state index in [9.17, 15) is 18.3 Å². The van der Waals surface area contributed by atoms with Gasteiger partial charge in [-0.1, -0.05) is 6.92 Å². The molecule has 0 fully saturated rings. The fourth-order valence-electron chi connectivity index (χ4n) is 2.60. The summed E-state index contributed by atoms with van der Waals surface area (Å²) in [7, 11) is 0. The van der Waals surface area contributed by atoms with Crippen molar-refractivity contribution in [3.05, 3.63) is 52.8 Å². The summed E-state index contributed by atoms with van der Waals surface area (Å²) in [6, 6.07) is 7.42. The lowest BCUT2D eigenvalue weighted by Crippen LogP contribution is -2.16. The Morgan fingerprint density at radius 2 is 2.00 bits per heavy atom. The SMILES string of the molecule is CCc1cc(F)cc(Oc2ccc3c(c2C)C(O)C(F)(F)S3)c1. The predicted octanol–water partition coefficient (Wildman–Crippen LogP) is 5.22. The van der Waals surface area contributed by atoms with Crippen LogP contribution in [-0.4, -0.2) is 10.4 Å². The quantitative estimate of drug-likeness (QED) is 0.830. The summed E-state index contributed by atoms with van der Waals surface area (Å²) in [4.78, 5) is 0.334. The van der Waals surface area contributed by atoms with Crippen LogP contribution in [0.5, 0.6) is 11.5 Å². The maximum atomic E-state index is 13.6. The predicted molar refractivity (Wildman–Crippen MR) is 82.8 cm³/mol. The third-order valence-electron chi connectivity index (χ3n) is 3.83. The van der Waals surface area contributed by atoms with Crippen LogP contribution in [0.2, 0.25) is 0 Å². The van der Waals surface area contributed by atoms with Gasteiger partial charge in [0.15, 0.2) is 6.10 Å². The number of hydrogen-bond acceptors (Lipinski definition) is 3. The Bertz CT molecular complexity index is 762. The fourth-order valence-corrected chi connectivity index (χ4v) is 3.64. The minimum Gasteiger partial charge on any atom is -0.457 e. The average molecular weight is 340 g/mol. The van der Waals surface area contributed by atoms with E-state index in [2.05, 4.69) is 0 Å². The molecule has 2 aromatic rings. The van der Waals surface area contributed by atoms with Gasteiger partial charge < -0.3 is 9.84 Å². The number of benzene rings is 2. The summed E-state index contributed by atoms with van der Waals surface area (Å²) >= 11 is 0.340. The lowest BCUT2D eigenvalue weighted by Gasteiger charge is -2.15. The van der Waals surface area contributed by atoms with E-state index in [1.54, 1.807) is 19.1 Å². The van der Waals surface area contributed by atoms with E-state index < -0.39 is 17.2 Å². The second-order valence-electron chi connectivity index (χ2n) is 5.42. The van der Waals surface area contributed by atoms with Crippen molar-refractivity contribution in [2.75, 3.05) is 0 Å². The minimum atomic E-state index is -3.25. The average Bonchev–Trinajstić information content (AvgIpc) is 2.72. The van der Waals surface area contributed by atoms with E-state index in [-0.39, 0.29) is 5.56 Å². The van der Waals surface area contributed by atoms with Crippen molar-refractivity contribution in [3.63, 3.8) is 0 Å². The van der Waals surface area contributed by atoms with Gasteiger partial charge in [-0.3, -0.25) is 0 Å². The van der Waals surface area contributed by atoms with Gasteiger partial charge in [0.2, 0.25) is 0 Å². The van der Waals surface area contributed by atoms with Crippen molar-refractivity contribution in [1.29, 1.82) is 0 Å². The summed E-state index contributed by atoms with van der Waals surface area (Å²) in [6.45, 7) is 3.51. The van der Waals surface area contributed by atoms with Gasteiger partial charge in [0.25, 0.3) is 0 Å². The molecule has 6 heteroatoms. The van der Waals surface area contributed by atoms with Crippen molar-refractivity contribution in [1.82, 2.24) is 0 Å². The number of ether oxygens (including phenoxy) is 1. The Morgan fingerprint density at radius 1 is 1.26 bits per heavy atom. The Hall–Kier alpha value is -1.66. The Labute approximate surface area is 136 Å². The highest BCUT2D eigenvalue weighted by Crippen LogP contribution is 2.56. The fraction of sp³-hybridized carbons (Fsp3) is 0.294. The van der Waals surface area contributed by atoms with Gasteiger partial charge in [-0.15, -0.1) is 0 Å². The molecule has 1 N–H and O–H groups in total. The molecular weight excluding hydrogens is 325 g/mol. The molecule has 2 nitrogen and oxygen atoms in total. The molecule has 0 amide bonds. The molecule has 1 atom stereocenters. The molecular formula is C17H15F3O2S. The molecule has 0 aromatic heterocycles. The zero-order chi connectivity index (χ0) is 16.8. The molecule has 2 aromatic carbocycles. The normalized spacial score (nSPS) is 18.8. The maximum absolute atomic E-state index is 13.6. The van der Waals surface area contributed by atoms with Crippen molar-refractivity contribution < 1.29 is 23.0 Å². The molecule has 0 saturated heterocycles. The summed E-state index contributed by atoms with van der Waals surface area (Å²) in [6.07, 6.45) is -1.22. The van der Waals surface area contributed by atoms with Crippen LogP contribution < -0.4 is 4.74 Å². The van der Waals surface area contributed by atoms with Gasteiger partial charge in [0.05, 0.1) is 0 Å². The molecule has 0 spiro atoms. The molecule has 1 aliphatic rings. The number of aliphatic hydroxyl groups excluding tert-OH is 1. The molecule has 3 rings (SSSR count). The number of aryl methyl sites for hydroxylation is 1. The molecule has 23 heavy (non-hydrogen) atoms. The molecule has 1 aliphatic heterocycles. The second-order valence-corrected chi connectivity index (χ2v) is 6.61. The third-order valence-corrected chi connectivity index (χ3v) is 4.90. The molecule has 1 heterocycles. The number of alkyl halides is 2. The van der Waals surface area contributed by atoms with E-state index in [1.807, 2.05) is 6.92 Å². The van der Waals surface area contributed by atoms with E-state index in [4.69, 9.17) is 4.74 Å². The molecule has 0 saturated carbocycles. The number of halogens is 3. The molecule has 1 unspecified atom stereocenters. The number of fused-ring (bicyclic) bond motifs is 1. The van der Waals surface area contributed by atoms with E-state index in [1.165, 1.54) is 18.2 Å². The monoisotopic (exact) mass is 340 g/mol. The highest BCUT2D eigenvalue weighted by atomic mass is 32.2. The first-order valence-corrected chi connectivity index (χ1v) is 7.99. The van der Waals surface area contributed by atoms with Crippen LogP contribution in [0.15, 0.2) is 35.2 Å². The van der Waals surface area contributed by atoms with Crippen LogP contribution in [0.25, 0.3) is 0 Å². The smallest absolute Gasteiger partial charge is 0.327 e. The molecule has 0 bridgehead atoms. The molecule has 122 valence electrons. The minimum absolute atomic E-state index is 0.171. The van der Waals surface area contributed by atoms with Gasteiger partial charge in [-0.2, -0.15) is 8.78 Å². The number of thioether (sulfide) groups is 1. The highest BCUT2D eigenvalue weighted by Gasteiger charge is 2.49. The first-order chi connectivity index (χ1) is 10.8. The number of aliphatic hydroxyl groups is 1. The van der Waals surface area contributed by atoms with Crippen LogP contribution in [0.3, 0.4) is 0 Å². The van der Waals surface area contributed by atoms with Crippen molar-refractivity contribution in [2.24, 2.45) is 0 Å². The van der Waals surface area contributed by atoms with Crippen molar-refractivity contribution >= 4 is 11.8 Å². The van der Waals surface area contributed by atoms with Crippen molar-refractivity contribution in [3.8, 4) is 11.5 Å². The van der Waals surface area contributed by atoms with Gasteiger partial charge >= 0.3 is 5.25 Å². The summed E-state index contributed by atoms with van der Waals surface area (Å²) in [5.41, 5.74) is 1.38. The van der Waals surface area contributed by atoms with Crippen LogP contribution in [0.1, 0.15) is 29.7 Å². The Kier molecular flexibility index (Phi) is 4.06. The first-order valence-electron chi connectivity index (χ1n) is 7.17. The zero-order valence-electron chi connectivity index (χ0n) is 12.6. The molecule has 0 aliphatic carbocycles. The van der Waals surface area contributed by atoms with Gasteiger partial charge in [-0.05, 0) is 60.5 Å². The maximum Gasteiger partial charge on any atom is 0.327 e. The zero-order valence-corrected chi connectivity index (χ0v) is 13.4. The number of rotatable bonds is 3. The van der Waals surface area contributed by atoms with Crippen LogP contribution in [0.4, 0.5) is 13.2 Å². The summed E-state index contributed by atoms with van der Waals surface area (Å²) < 4.78 is 46.5. The summed E-state index contributed by atoms with van der Waals surface area (Å²) in [5, 5.41) is 6.57. The van der Waals surface area contributed by atoms with E-state index >= 15 is 0 Å². The number of hydrogen-bond donors (Lipinski definition) is 1. The van der Waals surface area contributed by atoms with Crippen LogP contribution in [-0.2, 0) is 6.42 Å². The first kappa shape index (κ1) is 16.2. The van der Waals surface area contributed by atoms with Gasteiger partial charge in [0.1, 0.15) is 17.3 Å². The Morgan fingerprint density at radius 3 is 2.70 bits per heavy atom. The van der Waals surface area contributed by atoms with Crippen LogP contribution in [0, 0.1) is 12.7 Å². The van der Waals surface area contributed by atoms with E-state index in [0.29, 0.717) is 40.1 Å². The molecule has 0 radical (unpaired) electrons. The van der Waals surface area contributed by atoms with Crippen molar-refractivity contribution in [2.45, 2.75) is 36.5 Å². The highest BCUT2D eigenvalue weighted by molar-refractivity contribution is 8.00. The van der Waals surface area contributed by atoms with E-state index in [0.717, 1.165) is 5.56 Å². The second kappa shape index (κ2) is 5.76. The summed E-state index contributed by atoms with van der Waals surface area (Å²) in [5.74, 6) is 0.214. The largest absolute Gasteiger partial charge is 0.457 e.